The molecule has 2 aromatic rings. The van der Waals surface area contributed by atoms with Crippen LogP contribution in [0.5, 0.6) is 0 Å². The number of alkyl halides is 6. The summed E-state index contributed by atoms with van der Waals surface area (Å²) in [5, 5.41) is 8.86. The van der Waals surface area contributed by atoms with Gasteiger partial charge in [0.2, 0.25) is 0 Å². The molecule has 0 saturated carbocycles. The van der Waals surface area contributed by atoms with E-state index < -0.39 is 41.3 Å². The molecule has 1 amide bonds. The molecule has 12 heteroatoms. The molecule has 2 aromatic carbocycles. The molecule has 0 bridgehead atoms. The van der Waals surface area contributed by atoms with Gasteiger partial charge < -0.3 is 16.6 Å². The zero-order valence-electron chi connectivity index (χ0n) is 22.1. The van der Waals surface area contributed by atoms with Crippen molar-refractivity contribution in [2.24, 2.45) is 16.5 Å². The van der Waals surface area contributed by atoms with Crippen LogP contribution in [0.2, 0.25) is 0 Å². The zero-order chi connectivity index (χ0) is 30.5. The van der Waals surface area contributed by atoms with Crippen molar-refractivity contribution in [3.8, 4) is 0 Å². The van der Waals surface area contributed by atoms with Gasteiger partial charge >= 0.3 is 18.3 Å². The highest BCUT2D eigenvalue weighted by molar-refractivity contribution is 6.03. The summed E-state index contributed by atoms with van der Waals surface area (Å²) in [6.45, 7) is 9.42. The van der Waals surface area contributed by atoms with E-state index in [0.717, 1.165) is 6.07 Å². The lowest BCUT2D eigenvalue weighted by Gasteiger charge is -2.16. The van der Waals surface area contributed by atoms with Crippen molar-refractivity contribution in [3.63, 3.8) is 0 Å². The number of nitrogens with zero attached hydrogens (tertiary/aromatic N) is 1. The number of carbonyl (C=O) groups is 2. The second-order valence-corrected chi connectivity index (χ2v) is 8.51. The molecule has 5 N–H and O–H groups in total. The average molecular weight is 558 g/mol. The average Bonchev–Trinajstić information content (AvgIpc) is 2.80. The quantitative estimate of drug-likeness (QED) is 0.213. The number of amides is 1. The minimum atomic E-state index is -4.58. The summed E-state index contributed by atoms with van der Waals surface area (Å²) in [5.74, 6) is -2.76. The van der Waals surface area contributed by atoms with Gasteiger partial charge in [0.25, 0.3) is 5.91 Å². The normalized spacial score (nSPS) is 12.4. The van der Waals surface area contributed by atoms with Crippen molar-refractivity contribution in [2.45, 2.75) is 53.9 Å². The Kier molecular flexibility index (Phi) is 10.7. The number of allylic oxidation sites excluding steroid dienone is 4. The Balaban J connectivity index is 0.000000395. The van der Waals surface area contributed by atoms with Crippen LogP contribution in [-0.4, -0.2) is 22.9 Å². The number of benzene rings is 2. The van der Waals surface area contributed by atoms with E-state index in [1.165, 1.54) is 26.0 Å². The summed E-state index contributed by atoms with van der Waals surface area (Å²) in [7, 11) is 0. The van der Waals surface area contributed by atoms with E-state index in [2.05, 4.69) is 4.99 Å². The van der Waals surface area contributed by atoms with Crippen LogP contribution >= 0.6 is 0 Å². The molecule has 0 fully saturated rings. The summed E-state index contributed by atoms with van der Waals surface area (Å²) in [6, 6.07) is 4.06. The molecule has 212 valence electrons. The number of aryl methyl sites for hydroxylation is 2. The Morgan fingerprint density at radius 2 is 1.10 bits per heavy atom. The fourth-order valence-corrected chi connectivity index (χ4v) is 3.49. The number of halogens is 6. The van der Waals surface area contributed by atoms with Crippen LogP contribution in [0.4, 0.5) is 26.3 Å². The third-order valence-electron chi connectivity index (χ3n) is 5.75. The smallest absolute Gasteiger partial charge is 0.417 e. The lowest BCUT2D eigenvalue weighted by atomic mass is 9.94. The Labute approximate surface area is 221 Å². The topological polar surface area (TPSA) is 119 Å². The summed E-state index contributed by atoms with van der Waals surface area (Å²) in [4.78, 5) is 25.9. The van der Waals surface area contributed by atoms with E-state index in [0.29, 0.717) is 28.3 Å². The van der Waals surface area contributed by atoms with Crippen molar-refractivity contribution in [3.05, 3.63) is 80.9 Å². The van der Waals surface area contributed by atoms with E-state index in [1.807, 2.05) is 0 Å². The molecule has 0 unspecified atom stereocenters. The first-order chi connectivity index (χ1) is 17.8. The number of aliphatic imine (C=N–C) groups is 1. The number of hydrogen-bond acceptors (Lipinski definition) is 2. The Hall–Kier alpha value is -4.09. The SMILES string of the molecule is CC=C(C)c1cc(C)c(C(=O)N=C(N)N)cc1C(F)(F)F.CC=C(C)c1cc(C)c(C(=O)O)cc1C(F)(F)F. The summed E-state index contributed by atoms with van der Waals surface area (Å²) >= 11 is 0. The molecule has 0 aliphatic heterocycles. The Bertz CT molecular complexity index is 1350. The molecule has 0 atom stereocenters. The predicted octanol–water partition coefficient (Wildman–Crippen LogP) is 6.99. The fraction of sp³-hybridized carbons (Fsp3) is 0.296. The number of aromatic carboxylic acids is 1. The monoisotopic (exact) mass is 557 g/mol. The number of carbonyl (C=O) groups excluding carboxylic acids is 1. The van der Waals surface area contributed by atoms with E-state index >= 15 is 0 Å². The van der Waals surface area contributed by atoms with Gasteiger partial charge in [0.15, 0.2) is 5.96 Å². The van der Waals surface area contributed by atoms with Gasteiger partial charge in [-0.2, -0.15) is 31.3 Å². The van der Waals surface area contributed by atoms with Gasteiger partial charge in [0.1, 0.15) is 0 Å². The van der Waals surface area contributed by atoms with Gasteiger partial charge in [-0.1, -0.05) is 24.3 Å². The minimum absolute atomic E-state index is 0.0208. The van der Waals surface area contributed by atoms with Crippen LogP contribution in [0, 0.1) is 13.8 Å². The highest BCUT2D eigenvalue weighted by atomic mass is 19.4. The third kappa shape index (κ3) is 8.45. The maximum absolute atomic E-state index is 13.2. The maximum atomic E-state index is 13.2. The van der Waals surface area contributed by atoms with Gasteiger partial charge in [-0.15, -0.1) is 0 Å². The largest absolute Gasteiger partial charge is 0.478 e. The number of carboxylic acid groups (broad SMARTS) is 1. The maximum Gasteiger partial charge on any atom is 0.417 e. The van der Waals surface area contributed by atoms with Crippen LogP contribution in [-0.2, 0) is 12.4 Å². The molecule has 0 aromatic heterocycles. The van der Waals surface area contributed by atoms with Gasteiger partial charge in [-0.25, -0.2) is 4.79 Å². The van der Waals surface area contributed by atoms with Gasteiger partial charge in [0.05, 0.1) is 16.7 Å². The number of guanidine groups is 1. The van der Waals surface area contributed by atoms with Crippen LogP contribution in [0.25, 0.3) is 11.1 Å². The Morgan fingerprint density at radius 1 is 0.744 bits per heavy atom. The highest BCUT2D eigenvalue weighted by Crippen LogP contribution is 2.38. The fourth-order valence-electron chi connectivity index (χ4n) is 3.49. The molecule has 0 saturated heterocycles. The molecule has 0 radical (unpaired) electrons. The molecular weight excluding hydrogens is 528 g/mol. The summed E-state index contributed by atoms with van der Waals surface area (Å²) < 4.78 is 78.2. The van der Waals surface area contributed by atoms with Crippen molar-refractivity contribution < 1.29 is 41.0 Å². The van der Waals surface area contributed by atoms with E-state index in [-0.39, 0.29) is 22.3 Å². The summed E-state index contributed by atoms with van der Waals surface area (Å²) in [6.07, 6.45) is -6.02. The van der Waals surface area contributed by atoms with Crippen molar-refractivity contribution >= 4 is 29.0 Å². The molecule has 39 heavy (non-hydrogen) atoms. The standard InChI is InChI=1S/C14H16F3N3O.C13H13F3O2/c1-4-7(2)9-5-8(3)10(12(21)20-13(18)19)6-11(9)14(15,16)17;1-4-7(2)9-5-8(3)10(12(17)18)6-11(9)13(14,15)16/h4-6H,1-3H3,(H4,18,19,20,21);4-6H,1-3H3,(H,17,18). The van der Waals surface area contributed by atoms with Gasteiger partial charge in [0, 0.05) is 5.56 Å². The lowest BCUT2D eigenvalue weighted by molar-refractivity contribution is -0.138. The minimum Gasteiger partial charge on any atom is -0.478 e. The molecular formula is C27H29F6N3O3. The summed E-state index contributed by atoms with van der Waals surface area (Å²) in [5.41, 5.74) is 9.51. The number of nitrogens with two attached hydrogens (primary N) is 2. The second kappa shape index (κ2) is 12.6. The zero-order valence-corrected chi connectivity index (χ0v) is 22.1. The van der Waals surface area contributed by atoms with E-state index in [1.54, 1.807) is 39.8 Å². The third-order valence-corrected chi connectivity index (χ3v) is 5.75. The second-order valence-electron chi connectivity index (χ2n) is 8.51. The van der Waals surface area contributed by atoms with E-state index in [4.69, 9.17) is 16.6 Å². The molecule has 6 nitrogen and oxygen atoms in total. The molecule has 0 heterocycles. The van der Waals surface area contributed by atoms with Crippen molar-refractivity contribution in [1.82, 2.24) is 0 Å². The molecule has 0 aliphatic rings. The van der Waals surface area contributed by atoms with Crippen molar-refractivity contribution in [1.29, 1.82) is 0 Å². The first kappa shape index (κ1) is 32.9. The predicted molar refractivity (Wildman–Crippen MR) is 138 cm³/mol. The van der Waals surface area contributed by atoms with Crippen LogP contribution < -0.4 is 11.5 Å². The number of carboxylic acids is 1. The highest BCUT2D eigenvalue weighted by Gasteiger charge is 2.36. The van der Waals surface area contributed by atoms with Gasteiger partial charge in [-0.05, 0) is 87.1 Å². The number of hydrogen-bond donors (Lipinski definition) is 3. The molecule has 2 rings (SSSR count). The Morgan fingerprint density at radius 3 is 1.41 bits per heavy atom. The lowest BCUT2D eigenvalue weighted by Crippen LogP contribution is -2.24. The molecule has 0 spiro atoms. The van der Waals surface area contributed by atoms with E-state index in [9.17, 15) is 35.9 Å². The number of rotatable bonds is 4. The van der Waals surface area contributed by atoms with Crippen molar-refractivity contribution in [2.75, 3.05) is 0 Å². The molecule has 0 aliphatic carbocycles. The first-order valence-corrected chi connectivity index (χ1v) is 11.3. The van der Waals surface area contributed by atoms with Gasteiger partial charge in [-0.3, -0.25) is 4.79 Å². The van der Waals surface area contributed by atoms with Crippen LogP contribution in [0.3, 0.4) is 0 Å². The van der Waals surface area contributed by atoms with Crippen LogP contribution in [0.1, 0.15) is 81.8 Å². The first-order valence-electron chi connectivity index (χ1n) is 11.3. The van der Waals surface area contributed by atoms with Crippen LogP contribution in [0.15, 0.2) is 41.4 Å².